The Morgan fingerprint density at radius 3 is 2.78 bits per heavy atom. The van der Waals surface area contributed by atoms with Crippen molar-refractivity contribution in [2.45, 2.75) is 26.3 Å². The first-order valence-corrected chi connectivity index (χ1v) is 10.1. The van der Waals surface area contributed by atoms with E-state index in [0.717, 1.165) is 17.4 Å². The van der Waals surface area contributed by atoms with E-state index in [-0.39, 0.29) is 17.8 Å². The van der Waals surface area contributed by atoms with E-state index in [1.54, 1.807) is 13.0 Å². The van der Waals surface area contributed by atoms with Crippen LogP contribution in [-0.2, 0) is 11.4 Å². The summed E-state index contributed by atoms with van der Waals surface area (Å²) in [6, 6.07) is 4.28. The smallest absolute Gasteiger partial charge is 0.289 e. The summed E-state index contributed by atoms with van der Waals surface area (Å²) >= 11 is 0. The number of benzene rings is 1. The number of nitrogens with zero attached hydrogens (tertiary/aromatic N) is 3. The Morgan fingerprint density at radius 1 is 1.28 bits per heavy atom. The third-order valence-corrected chi connectivity index (χ3v) is 4.98. The van der Waals surface area contributed by atoms with Crippen LogP contribution in [0.5, 0.6) is 0 Å². The van der Waals surface area contributed by atoms with Gasteiger partial charge in [-0.3, -0.25) is 24.4 Å². The highest BCUT2D eigenvalue weighted by Crippen LogP contribution is 2.29. The Bertz CT molecular complexity index is 1200. The predicted octanol–water partition coefficient (Wildman–Crippen LogP) is 3.09. The first kappa shape index (κ1) is 21.6. The molecule has 0 atom stereocenters. The number of nitrogens with one attached hydrogen (secondary N) is 2. The van der Waals surface area contributed by atoms with Crippen molar-refractivity contribution in [2.24, 2.45) is 5.92 Å². The molecule has 8 nitrogen and oxygen atoms in total. The lowest BCUT2D eigenvalue weighted by Crippen LogP contribution is -2.31. The molecule has 0 bridgehead atoms. The summed E-state index contributed by atoms with van der Waals surface area (Å²) < 4.78 is 30.5. The van der Waals surface area contributed by atoms with Gasteiger partial charge in [0.05, 0.1) is 42.0 Å². The zero-order valence-corrected chi connectivity index (χ0v) is 17.3. The van der Waals surface area contributed by atoms with Crippen LogP contribution in [0.2, 0.25) is 0 Å². The molecule has 2 N–H and O–H groups in total. The Morgan fingerprint density at radius 2 is 2.09 bits per heavy atom. The maximum atomic E-state index is 15.2. The maximum absolute atomic E-state index is 15.2. The van der Waals surface area contributed by atoms with Gasteiger partial charge in [0.15, 0.2) is 0 Å². The molecule has 1 aromatic carbocycles. The van der Waals surface area contributed by atoms with E-state index in [4.69, 9.17) is 4.84 Å². The number of amides is 1. The van der Waals surface area contributed by atoms with Crippen LogP contribution in [0.4, 0.5) is 20.2 Å². The third-order valence-electron chi connectivity index (χ3n) is 4.98. The van der Waals surface area contributed by atoms with Gasteiger partial charge in [-0.1, -0.05) is 6.07 Å². The van der Waals surface area contributed by atoms with Gasteiger partial charge in [0.1, 0.15) is 5.82 Å². The second-order valence-corrected chi connectivity index (χ2v) is 7.66. The van der Waals surface area contributed by atoms with E-state index in [0.29, 0.717) is 23.8 Å². The highest BCUT2D eigenvalue weighted by molar-refractivity contribution is 5.99. The van der Waals surface area contributed by atoms with Crippen LogP contribution in [0.1, 0.15) is 34.5 Å². The fourth-order valence-electron chi connectivity index (χ4n) is 3.05. The average Bonchev–Trinajstić information content (AvgIpc) is 3.60. The number of anilines is 2. The Kier molecular flexibility index (Phi) is 6.22. The number of pyridine rings is 1. The van der Waals surface area contributed by atoms with E-state index in [2.05, 4.69) is 20.8 Å². The second kappa shape index (κ2) is 9.23. The van der Waals surface area contributed by atoms with Crippen molar-refractivity contribution < 1.29 is 18.4 Å². The zero-order chi connectivity index (χ0) is 22.7. The van der Waals surface area contributed by atoms with E-state index in [1.165, 1.54) is 36.9 Å². The second-order valence-electron chi connectivity index (χ2n) is 7.66. The van der Waals surface area contributed by atoms with Crippen LogP contribution in [0.25, 0.3) is 0 Å². The molecule has 32 heavy (non-hydrogen) atoms. The summed E-state index contributed by atoms with van der Waals surface area (Å²) in [6.07, 6.45) is 7.55. The number of aryl methyl sites for hydroxylation is 1. The van der Waals surface area contributed by atoms with E-state index >= 15 is 4.39 Å². The molecule has 10 heteroatoms. The SMILES string of the molecule is Cc1ccc(Nc2c(C(=O)NOCC3CC3)cn(Cc3cnccn3)c(=O)c2F)c(F)c1. The largest absolute Gasteiger partial charge is 0.350 e. The fourth-order valence-corrected chi connectivity index (χ4v) is 3.05. The normalized spacial score (nSPS) is 13.1. The highest BCUT2D eigenvalue weighted by Gasteiger charge is 2.25. The van der Waals surface area contributed by atoms with Crippen LogP contribution >= 0.6 is 0 Å². The summed E-state index contributed by atoms with van der Waals surface area (Å²) in [7, 11) is 0. The maximum Gasteiger partial charge on any atom is 0.289 e. The van der Waals surface area contributed by atoms with Crippen molar-refractivity contribution in [1.82, 2.24) is 20.0 Å². The lowest BCUT2D eigenvalue weighted by Gasteiger charge is -2.16. The predicted molar refractivity (Wildman–Crippen MR) is 112 cm³/mol. The van der Waals surface area contributed by atoms with E-state index < -0.39 is 28.8 Å². The average molecular weight is 441 g/mol. The third kappa shape index (κ3) is 4.97. The van der Waals surface area contributed by atoms with Crippen molar-refractivity contribution in [3.63, 3.8) is 0 Å². The molecule has 3 aromatic rings. The van der Waals surface area contributed by atoms with E-state index in [9.17, 15) is 14.0 Å². The molecule has 1 fully saturated rings. The minimum absolute atomic E-state index is 0.0754. The number of halogens is 2. The minimum atomic E-state index is -1.23. The quantitative estimate of drug-likeness (QED) is 0.522. The van der Waals surface area contributed by atoms with Crippen LogP contribution in [0.3, 0.4) is 0 Å². The summed E-state index contributed by atoms with van der Waals surface area (Å²) in [5.41, 5.74) is 1.60. The van der Waals surface area contributed by atoms with Crippen LogP contribution in [-0.4, -0.2) is 27.0 Å². The number of hydrogen-bond acceptors (Lipinski definition) is 6. The van der Waals surface area contributed by atoms with Gasteiger partial charge in [-0.25, -0.2) is 9.87 Å². The molecule has 2 aromatic heterocycles. The number of carbonyl (C=O) groups excluding carboxylic acids is 1. The van der Waals surface area contributed by atoms with Crippen molar-refractivity contribution >= 4 is 17.3 Å². The zero-order valence-electron chi connectivity index (χ0n) is 17.3. The Balaban J connectivity index is 1.70. The molecule has 0 saturated heterocycles. The Labute approximate surface area is 182 Å². The van der Waals surface area contributed by atoms with Gasteiger partial charge < -0.3 is 9.88 Å². The monoisotopic (exact) mass is 441 g/mol. The van der Waals surface area contributed by atoms with Crippen LogP contribution < -0.4 is 16.4 Å². The van der Waals surface area contributed by atoms with Gasteiger partial charge >= 0.3 is 0 Å². The molecule has 1 saturated carbocycles. The standard InChI is InChI=1S/C22H21F2N5O3/c1-13-2-5-18(17(23)8-13)27-20-16(21(30)28-32-12-14-3-4-14)11-29(22(31)19(20)24)10-15-9-25-6-7-26-15/h2,5-9,11,14,27H,3-4,10,12H2,1H3,(H,28,30). The summed E-state index contributed by atoms with van der Waals surface area (Å²) in [4.78, 5) is 38.6. The van der Waals surface area contributed by atoms with Crippen molar-refractivity contribution in [3.05, 3.63) is 81.8 Å². The highest BCUT2D eigenvalue weighted by atomic mass is 19.1. The summed E-state index contributed by atoms with van der Waals surface area (Å²) in [5, 5.41) is 2.55. The molecule has 0 unspecified atom stereocenters. The van der Waals surface area contributed by atoms with Gasteiger partial charge in [0, 0.05) is 18.6 Å². The molecule has 0 radical (unpaired) electrons. The molecule has 2 heterocycles. The molecular formula is C22H21F2N5O3. The first-order chi connectivity index (χ1) is 15.4. The molecule has 4 rings (SSSR count). The molecule has 1 amide bonds. The van der Waals surface area contributed by atoms with Gasteiger partial charge in [-0.2, -0.15) is 4.39 Å². The van der Waals surface area contributed by atoms with Crippen molar-refractivity contribution in [1.29, 1.82) is 0 Å². The number of hydroxylamine groups is 1. The lowest BCUT2D eigenvalue weighted by atomic mass is 10.1. The molecule has 1 aliphatic rings. The number of carbonyl (C=O) groups is 1. The number of hydrogen-bond donors (Lipinski definition) is 2. The number of rotatable bonds is 8. The minimum Gasteiger partial charge on any atom is -0.350 e. The summed E-state index contributed by atoms with van der Waals surface area (Å²) in [5.74, 6) is -2.27. The summed E-state index contributed by atoms with van der Waals surface area (Å²) in [6.45, 7) is 1.94. The van der Waals surface area contributed by atoms with Gasteiger partial charge in [-0.05, 0) is 43.4 Å². The Hall–Kier alpha value is -3.66. The molecule has 0 spiro atoms. The molecular weight excluding hydrogens is 420 g/mol. The van der Waals surface area contributed by atoms with Crippen molar-refractivity contribution in [3.8, 4) is 0 Å². The van der Waals surface area contributed by atoms with Gasteiger partial charge in [0.25, 0.3) is 11.5 Å². The lowest BCUT2D eigenvalue weighted by molar-refractivity contribution is 0.0270. The van der Waals surface area contributed by atoms with Crippen LogP contribution in [0.15, 0.2) is 47.8 Å². The van der Waals surface area contributed by atoms with Gasteiger partial charge in [0.2, 0.25) is 5.82 Å². The topological polar surface area (TPSA) is 98.1 Å². The van der Waals surface area contributed by atoms with E-state index in [1.807, 2.05) is 0 Å². The van der Waals surface area contributed by atoms with Crippen molar-refractivity contribution in [2.75, 3.05) is 11.9 Å². The molecule has 0 aliphatic heterocycles. The fraction of sp³-hybridized carbons (Fsp3) is 0.273. The first-order valence-electron chi connectivity index (χ1n) is 10.1. The van der Waals surface area contributed by atoms with Crippen LogP contribution in [0, 0.1) is 24.5 Å². The van der Waals surface area contributed by atoms with Gasteiger partial charge in [-0.15, -0.1) is 0 Å². The molecule has 166 valence electrons. The molecule has 1 aliphatic carbocycles. The number of aromatic nitrogens is 3.